The van der Waals surface area contributed by atoms with Gasteiger partial charge in [0.15, 0.2) is 0 Å². The molecule has 0 saturated carbocycles. The predicted octanol–water partition coefficient (Wildman–Crippen LogP) is 2.44. The fourth-order valence-electron chi connectivity index (χ4n) is 2.73. The average molecular weight is 241 g/mol. The summed E-state index contributed by atoms with van der Waals surface area (Å²) in [5, 5.41) is 3.38. The molecule has 3 nitrogen and oxygen atoms in total. The van der Waals surface area contributed by atoms with Crippen LogP contribution in [0.25, 0.3) is 5.69 Å². The van der Waals surface area contributed by atoms with Crippen LogP contribution in [0.2, 0.25) is 0 Å². The second-order valence-corrected chi connectivity index (χ2v) is 5.10. The van der Waals surface area contributed by atoms with Gasteiger partial charge in [-0.3, -0.25) is 0 Å². The quantitative estimate of drug-likeness (QED) is 0.831. The van der Waals surface area contributed by atoms with Gasteiger partial charge < -0.3 is 9.88 Å². The SMILES string of the molecule is Cc1ccc(C)c(-n2c(C)nc3c2CCNC3)c1. The number of aryl methyl sites for hydroxylation is 3. The lowest BCUT2D eigenvalue weighted by molar-refractivity contribution is 0.619. The number of nitrogens with zero attached hydrogens (tertiary/aromatic N) is 2. The number of benzene rings is 1. The van der Waals surface area contributed by atoms with E-state index >= 15 is 0 Å². The molecule has 0 amide bonds. The van der Waals surface area contributed by atoms with Gasteiger partial charge in [-0.15, -0.1) is 0 Å². The third kappa shape index (κ3) is 1.75. The molecule has 1 aromatic carbocycles. The van der Waals surface area contributed by atoms with E-state index < -0.39 is 0 Å². The van der Waals surface area contributed by atoms with Crippen molar-refractivity contribution in [3.8, 4) is 5.69 Å². The van der Waals surface area contributed by atoms with E-state index in [0.29, 0.717) is 0 Å². The Morgan fingerprint density at radius 3 is 2.89 bits per heavy atom. The number of hydrogen-bond donors (Lipinski definition) is 1. The van der Waals surface area contributed by atoms with Gasteiger partial charge in [0.1, 0.15) is 5.82 Å². The zero-order chi connectivity index (χ0) is 12.7. The van der Waals surface area contributed by atoms with E-state index in [-0.39, 0.29) is 0 Å². The van der Waals surface area contributed by atoms with E-state index in [9.17, 15) is 0 Å². The van der Waals surface area contributed by atoms with Crippen LogP contribution in [-0.4, -0.2) is 16.1 Å². The van der Waals surface area contributed by atoms with Crippen LogP contribution in [0.15, 0.2) is 18.2 Å². The Morgan fingerprint density at radius 2 is 2.06 bits per heavy atom. The van der Waals surface area contributed by atoms with Gasteiger partial charge in [-0.2, -0.15) is 0 Å². The summed E-state index contributed by atoms with van der Waals surface area (Å²) in [7, 11) is 0. The van der Waals surface area contributed by atoms with Gasteiger partial charge in [0.05, 0.1) is 11.4 Å². The van der Waals surface area contributed by atoms with E-state index in [2.05, 4.69) is 48.9 Å². The van der Waals surface area contributed by atoms with E-state index in [1.54, 1.807) is 0 Å². The fraction of sp³-hybridized carbons (Fsp3) is 0.400. The Balaban J connectivity index is 2.22. The molecule has 2 heterocycles. The number of fused-ring (bicyclic) bond motifs is 1. The van der Waals surface area contributed by atoms with Crippen molar-refractivity contribution in [2.75, 3.05) is 6.54 Å². The van der Waals surface area contributed by atoms with Gasteiger partial charge in [-0.1, -0.05) is 12.1 Å². The highest BCUT2D eigenvalue weighted by molar-refractivity contribution is 5.46. The van der Waals surface area contributed by atoms with E-state index in [4.69, 9.17) is 4.98 Å². The maximum Gasteiger partial charge on any atom is 0.110 e. The molecule has 0 bridgehead atoms. The molecule has 2 aromatic rings. The third-order valence-corrected chi connectivity index (χ3v) is 3.66. The standard InChI is InChI=1S/C15H19N3/c1-10-4-5-11(2)15(8-10)18-12(3)17-13-9-16-7-6-14(13)18/h4-5,8,16H,6-7,9H2,1-3H3. The molecule has 94 valence electrons. The third-order valence-electron chi connectivity index (χ3n) is 3.66. The molecular weight excluding hydrogens is 222 g/mol. The number of aromatic nitrogens is 2. The number of nitrogens with one attached hydrogen (secondary N) is 1. The van der Waals surface area contributed by atoms with Crippen molar-refractivity contribution in [1.29, 1.82) is 0 Å². The van der Waals surface area contributed by atoms with Gasteiger partial charge in [0.25, 0.3) is 0 Å². The van der Waals surface area contributed by atoms with Crippen molar-refractivity contribution in [2.45, 2.75) is 33.7 Å². The average Bonchev–Trinajstić information content (AvgIpc) is 2.68. The summed E-state index contributed by atoms with van der Waals surface area (Å²) in [5.41, 5.74) is 6.47. The Morgan fingerprint density at radius 1 is 1.22 bits per heavy atom. The van der Waals surface area contributed by atoms with Crippen molar-refractivity contribution < 1.29 is 0 Å². The second kappa shape index (κ2) is 4.25. The van der Waals surface area contributed by atoms with Crippen LogP contribution in [0.4, 0.5) is 0 Å². The molecule has 1 aliphatic heterocycles. The van der Waals surface area contributed by atoms with Crippen LogP contribution in [0.3, 0.4) is 0 Å². The molecule has 18 heavy (non-hydrogen) atoms. The molecule has 0 atom stereocenters. The highest BCUT2D eigenvalue weighted by Gasteiger charge is 2.19. The summed E-state index contributed by atoms with van der Waals surface area (Å²) in [5.74, 6) is 1.09. The van der Waals surface area contributed by atoms with Crippen LogP contribution in [0.5, 0.6) is 0 Å². The molecule has 1 aliphatic rings. The largest absolute Gasteiger partial charge is 0.311 e. The minimum atomic E-state index is 0.897. The van der Waals surface area contributed by atoms with Crippen molar-refractivity contribution in [2.24, 2.45) is 0 Å². The van der Waals surface area contributed by atoms with Gasteiger partial charge >= 0.3 is 0 Å². The molecule has 3 heteroatoms. The summed E-state index contributed by atoms with van der Waals surface area (Å²) in [6.07, 6.45) is 1.06. The summed E-state index contributed by atoms with van der Waals surface area (Å²) in [4.78, 5) is 4.70. The van der Waals surface area contributed by atoms with Gasteiger partial charge in [-0.25, -0.2) is 4.98 Å². The molecule has 3 rings (SSSR count). The first-order chi connectivity index (χ1) is 8.66. The number of imidazole rings is 1. The van der Waals surface area contributed by atoms with E-state index in [0.717, 1.165) is 25.3 Å². The smallest absolute Gasteiger partial charge is 0.110 e. The Labute approximate surface area is 108 Å². The van der Waals surface area contributed by atoms with Crippen molar-refractivity contribution in [3.05, 3.63) is 46.5 Å². The molecule has 1 N–H and O–H groups in total. The topological polar surface area (TPSA) is 29.9 Å². The van der Waals surface area contributed by atoms with E-state index in [1.165, 1.54) is 28.2 Å². The molecule has 0 aliphatic carbocycles. The first-order valence-corrected chi connectivity index (χ1v) is 6.52. The molecule has 1 aromatic heterocycles. The monoisotopic (exact) mass is 241 g/mol. The summed E-state index contributed by atoms with van der Waals surface area (Å²) < 4.78 is 2.33. The van der Waals surface area contributed by atoms with Crippen LogP contribution in [0.1, 0.15) is 28.3 Å². The zero-order valence-corrected chi connectivity index (χ0v) is 11.2. The van der Waals surface area contributed by atoms with Crippen molar-refractivity contribution >= 4 is 0 Å². The van der Waals surface area contributed by atoms with Crippen LogP contribution >= 0.6 is 0 Å². The maximum absolute atomic E-state index is 4.70. The lowest BCUT2D eigenvalue weighted by atomic mass is 10.1. The molecule has 0 spiro atoms. The minimum Gasteiger partial charge on any atom is -0.311 e. The molecular formula is C15H19N3. The molecule has 0 fully saturated rings. The molecule has 0 radical (unpaired) electrons. The highest BCUT2D eigenvalue weighted by atomic mass is 15.1. The minimum absolute atomic E-state index is 0.897. The van der Waals surface area contributed by atoms with Crippen molar-refractivity contribution in [3.63, 3.8) is 0 Å². The Kier molecular flexibility index (Phi) is 2.71. The normalized spacial score (nSPS) is 14.6. The number of hydrogen-bond acceptors (Lipinski definition) is 2. The Hall–Kier alpha value is -1.61. The van der Waals surface area contributed by atoms with Gasteiger partial charge in [-0.05, 0) is 38.0 Å². The predicted molar refractivity (Wildman–Crippen MR) is 73.2 cm³/mol. The van der Waals surface area contributed by atoms with Gasteiger partial charge in [0.2, 0.25) is 0 Å². The maximum atomic E-state index is 4.70. The lowest BCUT2D eigenvalue weighted by Crippen LogP contribution is -2.24. The summed E-state index contributed by atoms with van der Waals surface area (Å²) in [6.45, 7) is 8.35. The lowest BCUT2D eigenvalue weighted by Gasteiger charge is -2.17. The molecule has 0 saturated heterocycles. The van der Waals surface area contributed by atoms with Crippen LogP contribution in [-0.2, 0) is 13.0 Å². The first kappa shape index (κ1) is 11.5. The van der Waals surface area contributed by atoms with Crippen molar-refractivity contribution in [1.82, 2.24) is 14.9 Å². The Bertz CT molecular complexity index is 596. The highest BCUT2D eigenvalue weighted by Crippen LogP contribution is 2.24. The molecule has 0 unspecified atom stereocenters. The zero-order valence-electron chi connectivity index (χ0n) is 11.2. The fourth-order valence-corrected chi connectivity index (χ4v) is 2.73. The number of rotatable bonds is 1. The second-order valence-electron chi connectivity index (χ2n) is 5.10. The van der Waals surface area contributed by atoms with E-state index in [1.807, 2.05) is 0 Å². The summed E-state index contributed by atoms with van der Waals surface area (Å²) >= 11 is 0. The first-order valence-electron chi connectivity index (χ1n) is 6.52. The van der Waals surface area contributed by atoms with Crippen LogP contribution < -0.4 is 5.32 Å². The van der Waals surface area contributed by atoms with Gasteiger partial charge in [0, 0.05) is 25.2 Å². The summed E-state index contributed by atoms with van der Waals surface area (Å²) in [6, 6.07) is 6.61. The van der Waals surface area contributed by atoms with Crippen LogP contribution in [0, 0.1) is 20.8 Å².